The highest BCUT2D eigenvalue weighted by Gasteiger charge is 2.26. The molecule has 0 unspecified atom stereocenters. The van der Waals surface area contributed by atoms with Crippen LogP contribution in [0.5, 0.6) is 0 Å². The number of aryl methyl sites for hydroxylation is 2. The standard InChI is InChI=1S/C12H20N4O/c1-8-6-9(2)16-11(15-8)14-7-12(3,4)10(17)13-5/h6H,7H2,1-5H3,(H,13,17)(H,14,15,16). The van der Waals surface area contributed by atoms with Gasteiger partial charge in [0, 0.05) is 25.0 Å². The predicted octanol–water partition coefficient (Wildman–Crippen LogP) is 1.28. The van der Waals surface area contributed by atoms with E-state index in [0.717, 1.165) is 11.4 Å². The fourth-order valence-corrected chi connectivity index (χ4v) is 1.52. The van der Waals surface area contributed by atoms with Crippen molar-refractivity contribution in [3.63, 3.8) is 0 Å². The lowest BCUT2D eigenvalue weighted by atomic mass is 9.92. The van der Waals surface area contributed by atoms with Crippen LogP contribution in [0.15, 0.2) is 6.07 Å². The minimum atomic E-state index is -0.490. The second kappa shape index (κ2) is 5.12. The number of aromatic nitrogens is 2. The van der Waals surface area contributed by atoms with Crippen molar-refractivity contribution in [3.05, 3.63) is 17.5 Å². The molecule has 5 heteroatoms. The number of carbonyl (C=O) groups is 1. The summed E-state index contributed by atoms with van der Waals surface area (Å²) in [6.45, 7) is 8.09. The van der Waals surface area contributed by atoms with Crippen LogP contribution in [0.4, 0.5) is 5.95 Å². The summed E-state index contributed by atoms with van der Waals surface area (Å²) in [5, 5.41) is 5.74. The maximum absolute atomic E-state index is 11.6. The molecular weight excluding hydrogens is 216 g/mol. The SMILES string of the molecule is CNC(=O)C(C)(C)CNc1nc(C)cc(C)n1. The summed E-state index contributed by atoms with van der Waals surface area (Å²) in [7, 11) is 1.64. The second-order valence-corrected chi connectivity index (χ2v) is 4.79. The van der Waals surface area contributed by atoms with Gasteiger partial charge in [-0.1, -0.05) is 0 Å². The van der Waals surface area contributed by atoms with Crippen molar-refractivity contribution < 1.29 is 4.79 Å². The highest BCUT2D eigenvalue weighted by atomic mass is 16.2. The molecule has 0 saturated carbocycles. The molecule has 0 radical (unpaired) electrons. The summed E-state index contributed by atoms with van der Waals surface area (Å²) < 4.78 is 0. The van der Waals surface area contributed by atoms with Gasteiger partial charge in [0.1, 0.15) is 0 Å². The van der Waals surface area contributed by atoms with Crippen LogP contribution in [-0.2, 0) is 4.79 Å². The molecule has 0 aliphatic heterocycles. The third-order valence-corrected chi connectivity index (χ3v) is 2.51. The number of carbonyl (C=O) groups excluding carboxylic acids is 1. The number of hydrogen-bond acceptors (Lipinski definition) is 4. The molecule has 0 bridgehead atoms. The van der Waals surface area contributed by atoms with Crippen LogP contribution in [0.1, 0.15) is 25.2 Å². The van der Waals surface area contributed by atoms with Gasteiger partial charge in [0.2, 0.25) is 11.9 Å². The van der Waals surface area contributed by atoms with Crippen LogP contribution >= 0.6 is 0 Å². The lowest BCUT2D eigenvalue weighted by Crippen LogP contribution is -2.39. The second-order valence-electron chi connectivity index (χ2n) is 4.79. The first-order chi connectivity index (χ1) is 7.85. The summed E-state index contributed by atoms with van der Waals surface area (Å²) in [5.41, 5.74) is 1.34. The zero-order valence-electron chi connectivity index (χ0n) is 11.1. The molecule has 0 aromatic carbocycles. The van der Waals surface area contributed by atoms with E-state index in [2.05, 4.69) is 20.6 Å². The molecule has 1 amide bonds. The molecule has 1 rings (SSSR count). The molecular formula is C12H20N4O. The van der Waals surface area contributed by atoms with Gasteiger partial charge in [-0.2, -0.15) is 0 Å². The van der Waals surface area contributed by atoms with Crippen molar-refractivity contribution in [2.24, 2.45) is 5.41 Å². The van der Waals surface area contributed by atoms with Gasteiger partial charge in [0.15, 0.2) is 0 Å². The Morgan fingerprint density at radius 3 is 2.29 bits per heavy atom. The van der Waals surface area contributed by atoms with Crippen LogP contribution in [0, 0.1) is 19.3 Å². The highest BCUT2D eigenvalue weighted by molar-refractivity contribution is 5.82. The van der Waals surface area contributed by atoms with Gasteiger partial charge in [0.05, 0.1) is 5.41 Å². The summed E-state index contributed by atoms with van der Waals surface area (Å²) in [5.74, 6) is 0.564. The highest BCUT2D eigenvalue weighted by Crippen LogP contribution is 2.15. The zero-order valence-corrected chi connectivity index (χ0v) is 11.1. The maximum atomic E-state index is 11.6. The summed E-state index contributed by atoms with van der Waals surface area (Å²) in [6, 6.07) is 1.91. The van der Waals surface area contributed by atoms with E-state index in [9.17, 15) is 4.79 Å². The molecule has 0 spiro atoms. The Labute approximate surface area is 102 Å². The third-order valence-electron chi connectivity index (χ3n) is 2.51. The first-order valence-corrected chi connectivity index (χ1v) is 5.63. The first-order valence-electron chi connectivity index (χ1n) is 5.63. The molecule has 0 aliphatic rings. The van der Waals surface area contributed by atoms with E-state index in [-0.39, 0.29) is 5.91 Å². The molecule has 0 saturated heterocycles. The summed E-state index contributed by atoms with van der Waals surface area (Å²) in [4.78, 5) is 20.1. The Balaban J connectivity index is 2.70. The Morgan fingerprint density at radius 2 is 1.82 bits per heavy atom. The van der Waals surface area contributed by atoms with Gasteiger partial charge in [-0.05, 0) is 33.8 Å². The normalized spacial score (nSPS) is 11.1. The molecule has 17 heavy (non-hydrogen) atoms. The fraction of sp³-hybridized carbons (Fsp3) is 0.583. The van der Waals surface area contributed by atoms with Crippen molar-refractivity contribution in [1.82, 2.24) is 15.3 Å². The number of hydrogen-bond donors (Lipinski definition) is 2. The largest absolute Gasteiger partial charge is 0.359 e. The van der Waals surface area contributed by atoms with E-state index in [1.54, 1.807) is 7.05 Å². The van der Waals surface area contributed by atoms with Gasteiger partial charge in [-0.25, -0.2) is 9.97 Å². The number of rotatable bonds is 4. The average molecular weight is 236 g/mol. The van der Waals surface area contributed by atoms with Crippen LogP contribution < -0.4 is 10.6 Å². The number of nitrogens with zero attached hydrogens (tertiary/aromatic N) is 2. The van der Waals surface area contributed by atoms with Crippen LogP contribution in [0.2, 0.25) is 0 Å². The van der Waals surface area contributed by atoms with E-state index in [0.29, 0.717) is 12.5 Å². The minimum Gasteiger partial charge on any atom is -0.359 e. The molecule has 1 aromatic rings. The molecule has 5 nitrogen and oxygen atoms in total. The topological polar surface area (TPSA) is 66.9 Å². The third kappa shape index (κ3) is 3.69. The Hall–Kier alpha value is -1.65. The van der Waals surface area contributed by atoms with Gasteiger partial charge in [-0.3, -0.25) is 4.79 Å². The lowest BCUT2D eigenvalue weighted by Gasteiger charge is -2.22. The van der Waals surface area contributed by atoms with Crippen LogP contribution in [-0.4, -0.2) is 29.5 Å². The molecule has 0 atom stereocenters. The Kier molecular flexibility index (Phi) is 4.04. The molecule has 0 fully saturated rings. The van der Waals surface area contributed by atoms with Gasteiger partial charge < -0.3 is 10.6 Å². The molecule has 1 aromatic heterocycles. The Morgan fingerprint density at radius 1 is 1.29 bits per heavy atom. The number of anilines is 1. The minimum absolute atomic E-state index is 0.00521. The maximum Gasteiger partial charge on any atom is 0.227 e. The van der Waals surface area contributed by atoms with Crippen LogP contribution in [0.25, 0.3) is 0 Å². The van der Waals surface area contributed by atoms with E-state index in [1.807, 2.05) is 33.8 Å². The van der Waals surface area contributed by atoms with E-state index >= 15 is 0 Å². The summed E-state index contributed by atoms with van der Waals surface area (Å²) >= 11 is 0. The quantitative estimate of drug-likeness (QED) is 0.826. The first kappa shape index (κ1) is 13.4. The van der Waals surface area contributed by atoms with E-state index in [1.165, 1.54) is 0 Å². The molecule has 2 N–H and O–H groups in total. The molecule has 1 heterocycles. The molecule has 0 aliphatic carbocycles. The predicted molar refractivity (Wildman–Crippen MR) is 67.8 cm³/mol. The average Bonchev–Trinajstić information content (AvgIpc) is 2.24. The van der Waals surface area contributed by atoms with Crippen molar-refractivity contribution in [2.45, 2.75) is 27.7 Å². The number of amides is 1. The number of nitrogens with one attached hydrogen (secondary N) is 2. The van der Waals surface area contributed by atoms with Gasteiger partial charge >= 0.3 is 0 Å². The zero-order chi connectivity index (χ0) is 13.1. The van der Waals surface area contributed by atoms with E-state index < -0.39 is 5.41 Å². The van der Waals surface area contributed by atoms with Gasteiger partial charge in [-0.15, -0.1) is 0 Å². The monoisotopic (exact) mass is 236 g/mol. The van der Waals surface area contributed by atoms with Crippen molar-refractivity contribution >= 4 is 11.9 Å². The smallest absolute Gasteiger partial charge is 0.227 e. The van der Waals surface area contributed by atoms with Crippen LogP contribution in [0.3, 0.4) is 0 Å². The van der Waals surface area contributed by atoms with Crippen molar-refractivity contribution in [2.75, 3.05) is 18.9 Å². The van der Waals surface area contributed by atoms with E-state index in [4.69, 9.17) is 0 Å². The van der Waals surface area contributed by atoms with Crippen molar-refractivity contribution in [1.29, 1.82) is 0 Å². The summed E-state index contributed by atoms with van der Waals surface area (Å²) in [6.07, 6.45) is 0. The molecule has 94 valence electrons. The fourth-order valence-electron chi connectivity index (χ4n) is 1.52. The van der Waals surface area contributed by atoms with Gasteiger partial charge in [0.25, 0.3) is 0 Å². The lowest BCUT2D eigenvalue weighted by molar-refractivity contribution is -0.128. The van der Waals surface area contributed by atoms with Crippen molar-refractivity contribution in [3.8, 4) is 0 Å². The Bertz CT molecular complexity index is 395.